The van der Waals surface area contributed by atoms with Crippen LogP contribution in [0.25, 0.3) is 0 Å². The molecule has 1 saturated heterocycles. The molecule has 0 unspecified atom stereocenters. The summed E-state index contributed by atoms with van der Waals surface area (Å²) in [5.41, 5.74) is 0. The summed E-state index contributed by atoms with van der Waals surface area (Å²) in [6.45, 7) is 6.79. The average Bonchev–Trinajstić information content (AvgIpc) is 2.30. The van der Waals surface area contributed by atoms with Gasteiger partial charge in [0.25, 0.3) is 0 Å². The van der Waals surface area contributed by atoms with Crippen molar-refractivity contribution in [3.63, 3.8) is 0 Å². The second-order valence-electron chi connectivity index (χ2n) is 3.65. The molecule has 1 heterocycles. The standard InChI is InChI=1S/C11H19N3O2/c1-3-5-10(15)13-6-8-14(9-7-13)11(16)12-4-2/h3,5H,4,6-9H2,1-2H3,(H,12,16). The summed E-state index contributed by atoms with van der Waals surface area (Å²) in [5.74, 6) is 0.0260. The van der Waals surface area contributed by atoms with E-state index in [1.54, 1.807) is 22.0 Å². The predicted molar refractivity (Wildman–Crippen MR) is 62.0 cm³/mol. The fourth-order valence-electron chi connectivity index (χ4n) is 1.64. The zero-order chi connectivity index (χ0) is 12.0. The number of hydrogen-bond donors (Lipinski definition) is 1. The molecule has 0 atom stereocenters. The van der Waals surface area contributed by atoms with Crippen LogP contribution in [0.5, 0.6) is 0 Å². The van der Waals surface area contributed by atoms with Crippen LogP contribution in [-0.2, 0) is 4.79 Å². The molecule has 5 heteroatoms. The number of carbonyl (C=O) groups is 2. The molecule has 1 N–H and O–H groups in total. The summed E-state index contributed by atoms with van der Waals surface area (Å²) in [6, 6.07) is -0.0411. The quantitative estimate of drug-likeness (QED) is 0.693. The van der Waals surface area contributed by atoms with Crippen molar-refractivity contribution in [1.82, 2.24) is 15.1 Å². The highest BCUT2D eigenvalue weighted by atomic mass is 16.2. The molecule has 0 aliphatic carbocycles. The lowest BCUT2D eigenvalue weighted by atomic mass is 10.3. The number of allylic oxidation sites excluding steroid dienone is 1. The Morgan fingerprint density at radius 2 is 1.75 bits per heavy atom. The van der Waals surface area contributed by atoms with Crippen molar-refractivity contribution >= 4 is 11.9 Å². The average molecular weight is 225 g/mol. The van der Waals surface area contributed by atoms with Crippen LogP contribution in [0.1, 0.15) is 13.8 Å². The van der Waals surface area contributed by atoms with E-state index in [9.17, 15) is 9.59 Å². The highest BCUT2D eigenvalue weighted by Gasteiger charge is 2.22. The van der Waals surface area contributed by atoms with Crippen LogP contribution in [0.4, 0.5) is 4.79 Å². The number of urea groups is 1. The van der Waals surface area contributed by atoms with E-state index in [0.29, 0.717) is 32.7 Å². The molecule has 16 heavy (non-hydrogen) atoms. The fraction of sp³-hybridized carbons (Fsp3) is 0.636. The Bertz CT molecular complexity index is 281. The van der Waals surface area contributed by atoms with Gasteiger partial charge in [-0.1, -0.05) is 6.08 Å². The molecular weight excluding hydrogens is 206 g/mol. The molecular formula is C11H19N3O2. The maximum absolute atomic E-state index is 11.5. The summed E-state index contributed by atoms with van der Waals surface area (Å²) in [4.78, 5) is 26.5. The van der Waals surface area contributed by atoms with Crippen LogP contribution in [0.15, 0.2) is 12.2 Å². The van der Waals surface area contributed by atoms with Crippen LogP contribution in [0, 0.1) is 0 Å². The number of piperazine rings is 1. The van der Waals surface area contributed by atoms with Gasteiger partial charge in [0, 0.05) is 32.7 Å². The number of amides is 3. The van der Waals surface area contributed by atoms with Crippen molar-refractivity contribution in [2.75, 3.05) is 32.7 Å². The van der Waals surface area contributed by atoms with Gasteiger partial charge < -0.3 is 15.1 Å². The van der Waals surface area contributed by atoms with Crippen molar-refractivity contribution in [2.45, 2.75) is 13.8 Å². The highest BCUT2D eigenvalue weighted by Crippen LogP contribution is 2.02. The molecule has 3 amide bonds. The smallest absolute Gasteiger partial charge is 0.317 e. The van der Waals surface area contributed by atoms with E-state index in [0.717, 1.165) is 0 Å². The minimum absolute atomic E-state index is 0.0260. The Balaban J connectivity index is 2.39. The van der Waals surface area contributed by atoms with E-state index in [1.165, 1.54) is 0 Å². The predicted octanol–water partition coefficient (Wildman–Crippen LogP) is 0.436. The molecule has 0 aromatic rings. The molecule has 0 bridgehead atoms. The topological polar surface area (TPSA) is 52.7 Å². The van der Waals surface area contributed by atoms with Gasteiger partial charge in [-0.2, -0.15) is 0 Å². The lowest BCUT2D eigenvalue weighted by Crippen LogP contribution is -2.52. The van der Waals surface area contributed by atoms with E-state index >= 15 is 0 Å². The molecule has 0 aromatic heterocycles. The number of nitrogens with one attached hydrogen (secondary N) is 1. The second-order valence-corrected chi connectivity index (χ2v) is 3.65. The largest absolute Gasteiger partial charge is 0.338 e. The Labute approximate surface area is 96.1 Å². The van der Waals surface area contributed by atoms with Crippen molar-refractivity contribution in [3.8, 4) is 0 Å². The molecule has 1 aliphatic rings. The van der Waals surface area contributed by atoms with Crippen molar-refractivity contribution in [1.29, 1.82) is 0 Å². The first-order valence-electron chi connectivity index (χ1n) is 5.63. The Kier molecular flexibility index (Phi) is 4.82. The Morgan fingerprint density at radius 1 is 1.19 bits per heavy atom. The molecule has 0 aromatic carbocycles. The molecule has 1 rings (SSSR count). The van der Waals surface area contributed by atoms with E-state index in [-0.39, 0.29) is 11.9 Å². The van der Waals surface area contributed by atoms with Gasteiger partial charge in [-0.25, -0.2) is 4.79 Å². The van der Waals surface area contributed by atoms with Gasteiger partial charge in [-0.3, -0.25) is 4.79 Å². The first-order chi connectivity index (χ1) is 7.69. The number of rotatable bonds is 2. The van der Waals surface area contributed by atoms with Gasteiger partial charge in [-0.15, -0.1) is 0 Å². The van der Waals surface area contributed by atoms with Gasteiger partial charge in [0.2, 0.25) is 5.91 Å². The van der Waals surface area contributed by atoms with Gasteiger partial charge in [-0.05, 0) is 19.9 Å². The maximum Gasteiger partial charge on any atom is 0.317 e. The number of hydrogen-bond acceptors (Lipinski definition) is 2. The van der Waals surface area contributed by atoms with Gasteiger partial charge in [0.05, 0.1) is 0 Å². The Morgan fingerprint density at radius 3 is 2.25 bits per heavy atom. The van der Waals surface area contributed by atoms with E-state index in [4.69, 9.17) is 0 Å². The number of nitrogens with zero attached hydrogens (tertiary/aromatic N) is 2. The molecule has 5 nitrogen and oxygen atoms in total. The molecule has 0 radical (unpaired) electrons. The van der Waals surface area contributed by atoms with Crippen molar-refractivity contribution < 1.29 is 9.59 Å². The van der Waals surface area contributed by atoms with Crippen LogP contribution < -0.4 is 5.32 Å². The summed E-state index contributed by atoms with van der Waals surface area (Å²) in [5, 5.41) is 2.75. The summed E-state index contributed by atoms with van der Waals surface area (Å²) < 4.78 is 0. The van der Waals surface area contributed by atoms with Crippen molar-refractivity contribution in [3.05, 3.63) is 12.2 Å². The lowest BCUT2D eigenvalue weighted by Gasteiger charge is -2.34. The summed E-state index contributed by atoms with van der Waals surface area (Å²) >= 11 is 0. The molecule has 0 saturated carbocycles. The third-order valence-corrected chi connectivity index (χ3v) is 2.52. The zero-order valence-electron chi connectivity index (χ0n) is 9.90. The number of carbonyl (C=O) groups excluding carboxylic acids is 2. The van der Waals surface area contributed by atoms with E-state index in [2.05, 4.69) is 5.32 Å². The fourth-order valence-corrected chi connectivity index (χ4v) is 1.64. The van der Waals surface area contributed by atoms with E-state index < -0.39 is 0 Å². The van der Waals surface area contributed by atoms with Crippen LogP contribution >= 0.6 is 0 Å². The second kappa shape index (κ2) is 6.15. The van der Waals surface area contributed by atoms with Crippen LogP contribution in [0.3, 0.4) is 0 Å². The Hall–Kier alpha value is -1.52. The molecule has 90 valence electrons. The third-order valence-electron chi connectivity index (χ3n) is 2.52. The molecule has 0 spiro atoms. The minimum Gasteiger partial charge on any atom is -0.338 e. The van der Waals surface area contributed by atoms with Gasteiger partial charge >= 0.3 is 6.03 Å². The van der Waals surface area contributed by atoms with Crippen molar-refractivity contribution in [2.24, 2.45) is 0 Å². The van der Waals surface area contributed by atoms with Crippen LogP contribution in [-0.4, -0.2) is 54.5 Å². The minimum atomic E-state index is -0.0411. The normalized spacial score (nSPS) is 16.6. The first kappa shape index (κ1) is 12.5. The van der Waals surface area contributed by atoms with Gasteiger partial charge in [0.1, 0.15) is 0 Å². The summed E-state index contributed by atoms with van der Waals surface area (Å²) in [6.07, 6.45) is 3.29. The zero-order valence-corrected chi connectivity index (χ0v) is 9.90. The third kappa shape index (κ3) is 3.25. The van der Waals surface area contributed by atoms with Gasteiger partial charge in [0.15, 0.2) is 0 Å². The molecule has 1 aliphatic heterocycles. The highest BCUT2D eigenvalue weighted by molar-refractivity contribution is 5.87. The maximum atomic E-state index is 11.5. The van der Waals surface area contributed by atoms with Crippen LogP contribution in [0.2, 0.25) is 0 Å². The summed E-state index contributed by atoms with van der Waals surface area (Å²) in [7, 11) is 0. The molecule has 1 fully saturated rings. The first-order valence-corrected chi connectivity index (χ1v) is 5.63. The SMILES string of the molecule is CC=CC(=O)N1CCN(C(=O)NCC)CC1. The van der Waals surface area contributed by atoms with E-state index in [1.807, 2.05) is 13.8 Å². The monoisotopic (exact) mass is 225 g/mol. The lowest BCUT2D eigenvalue weighted by molar-refractivity contribution is -0.127.